The highest BCUT2D eigenvalue weighted by atomic mass is 32.2. The molecule has 0 radical (unpaired) electrons. The van der Waals surface area contributed by atoms with Crippen molar-refractivity contribution < 1.29 is 18.0 Å². The Morgan fingerprint density at radius 1 is 1.00 bits per heavy atom. The summed E-state index contributed by atoms with van der Waals surface area (Å²) in [5, 5.41) is 5.26. The fraction of sp³-hybridized carbons (Fsp3) is 0.263. The fourth-order valence-electron chi connectivity index (χ4n) is 2.48. The van der Waals surface area contributed by atoms with Crippen molar-refractivity contribution in [2.75, 3.05) is 18.4 Å². The first kappa shape index (κ1) is 20.6. The van der Waals surface area contributed by atoms with Gasteiger partial charge in [0.25, 0.3) is 5.91 Å². The van der Waals surface area contributed by atoms with Crippen LogP contribution < -0.4 is 15.4 Å². The third-order valence-electron chi connectivity index (χ3n) is 3.78. The zero-order valence-corrected chi connectivity index (χ0v) is 16.3. The van der Waals surface area contributed by atoms with Crippen molar-refractivity contribution in [3.05, 3.63) is 59.2 Å². The molecule has 0 unspecified atom stereocenters. The molecule has 2 rings (SSSR count). The van der Waals surface area contributed by atoms with Gasteiger partial charge in [0, 0.05) is 31.3 Å². The van der Waals surface area contributed by atoms with Gasteiger partial charge in [0.05, 0.1) is 4.90 Å². The van der Waals surface area contributed by atoms with Crippen molar-refractivity contribution in [1.29, 1.82) is 0 Å². The predicted octanol–water partition coefficient (Wildman–Crippen LogP) is 1.97. The normalized spacial score (nSPS) is 11.1. The van der Waals surface area contributed by atoms with Crippen LogP contribution in [0.15, 0.2) is 47.4 Å². The minimum atomic E-state index is -3.65. The van der Waals surface area contributed by atoms with Crippen LogP contribution in [0.4, 0.5) is 5.69 Å². The molecule has 27 heavy (non-hydrogen) atoms. The highest BCUT2D eigenvalue weighted by Gasteiger charge is 2.16. The van der Waals surface area contributed by atoms with Gasteiger partial charge in [0.15, 0.2) is 0 Å². The summed E-state index contributed by atoms with van der Waals surface area (Å²) in [6.07, 6.45) is 0. The summed E-state index contributed by atoms with van der Waals surface area (Å²) in [6.45, 7) is 5.14. The van der Waals surface area contributed by atoms with Gasteiger partial charge in [-0.15, -0.1) is 0 Å². The first-order valence-electron chi connectivity index (χ1n) is 8.42. The second-order valence-electron chi connectivity index (χ2n) is 6.18. The molecule has 2 amide bonds. The molecule has 0 atom stereocenters. The Morgan fingerprint density at radius 3 is 2.44 bits per heavy atom. The summed E-state index contributed by atoms with van der Waals surface area (Å²) in [4.78, 5) is 23.5. The third kappa shape index (κ3) is 5.90. The van der Waals surface area contributed by atoms with Crippen LogP contribution in [0.2, 0.25) is 0 Å². The van der Waals surface area contributed by atoms with Crippen LogP contribution in [0.5, 0.6) is 0 Å². The molecule has 3 N–H and O–H groups in total. The monoisotopic (exact) mass is 389 g/mol. The summed E-state index contributed by atoms with van der Waals surface area (Å²) in [5.74, 6) is -0.582. The van der Waals surface area contributed by atoms with Crippen LogP contribution in [-0.2, 0) is 14.8 Å². The maximum absolute atomic E-state index is 12.4. The van der Waals surface area contributed by atoms with E-state index in [0.717, 1.165) is 5.56 Å². The van der Waals surface area contributed by atoms with Gasteiger partial charge >= 0.3 is 0 Å². The van der Waals surface area contributed by atoms with Crippen LogP contribution in [-0.4, -0.2) is 33.3 Å². The van der Waals surface area contributed by atoms with Crippen LogP contribution in [0.3, 0.4) is 0 Å². The molecule has 0 aliphatic rings. The number of hydrogen-bond donors (Lipinski definition) is 3. The topological polar surface area (TPSA) is 104 Å². The summed E-state index contributed by atoms with van der Waals surface area (Å²) >= 11 is 0. The number of aryl methyl sites for hydroxylation is 2. The summed E-state index contributed by atoms with van der Waals surface area (Å²) in [5.41, 5.74) is 2.41. The van der Waals surface area contributed by atoms with Gasteiger partial charge in [-0.3, -0.25) is 9.59 Å². The van der Waals surface area contributed by atoms with E-state index in [1.54, 1.807) is 43.3 Å². The quantitative estimate of drug-likeness (QED) is 0.630. The third-order valence-corrected chi connectivity index (χ3v) is 5.38. The van der Waals surface area contributed by atoms with Crippen molar-refractivity contribution in [2.24, 2.45) is 0 Å². The van der Waals surface area contributed by atoms with E-state index in [2.05, 4.69) is 15.4 Å². The van der Waals surface area contributed by atoms with Gasteiger partial charge in [-0.1, -0.05) is 18.2 Å². The Bertz CT molecular complexity index is 955. The fourth-order valence-corrected chi connectivity index (χ4v) is 3.84. The van der Waals surface area contributed by atoms with E-state index in [4.69, 9.17) is 0 Å². The van der Waals surface area contributed by atoms with Gasteiger partial charge in [-0.05, 0) is 49.2 Å². The molecule has 0 heterocycles. The Hall–Kier alpha value is -2.71. The van der Waals surface area contributed by atoms with Crippen LogP contribution in [0.1, 0.15) is 28.4 Å². The van der Waals surface area contributed by atoms with Gasteiger partial charge in [0.1, 0.15) is 0 Å². The molecular weight excluding hydrogens is 366 g/mol. The molecule has 0 spiro atoms. The molecule has 0 bridgehead atoms. The molecule has 144 valence electrons. The first-order valence-corrected chi connectivity index (χ1v) is 9.90. The van der Waals surface area contributed by atoms with Crippen molar-refractivity contribution in [2.45, 2.75) is 25.7 Å². The van der Waals surface area contributed by atoms with Gasteiger partial charge in [-0.2, -0.15) is 0 Å². The number of rotatable bonds is 7. The number of anilines is 1. The zero-order valence-electron chi connectivity index (χ0n) is 15.5. The van der Waals surface area contributed by atoms with Crippen molar-refractivity contribution >= 4 is 27.5 Å². The Kier molecular flexibility index (Phi) is 6.70. The minimum Gasteiger partial charge on any atom is -0.351 e. The lowest BCUT2D eigenvalue weighted by molar-refractivity contribution is -0.114. The number of sulfonamides is 1. The van der Waals surface area contributed by atoms with Crippen LogP contribution >= 0.6 is 0 Å². The van der Waals surface area contributed by atoms with Gasteiger partial charge in [0.2, 0.25) is 15.9 Å². The molecule has 0 aliphatic carbocycles. The lowest BCUT2D eigenvalue weighted by atomic mass is 10.2. The molecule has 8 heteroatoms. The zero-order chi connectivity index (χ0) is 20.0. The Labute approximate surface area is 159 Å². The maximum atomic E-state index is 12.4. The molecule has 2 aromatic carbocycles. The predicted molar refractivity (Wildman–Crippen MR) is 104 cm³/mol. The standard InChI is InChI=1S/C19H23N3O4S/c1-13-7-8-14(2)18(11-13)27(25,26)21-10-9-20-19(24)16-5-4-6-17(12-16)22-15(3)23/h4-8,11-12,21H,9-10H2,1-3H3,(H,20,24)(H,22,23). The maximum Gasteiger partial charge on any atom is 0.251 e. The Balaban J connectivity index is 1.92. The Morgan fingerprint density at radius 2 is 1.74 bits per heavy atom. The lowest BCUT2D eigenvalue weighted by Gasteiger charge is -2.11. The molecule has 7 nitrogen and oxygen atoms in total. The molecule has 0 saturated heterocycles. The van der Waals surface area contributed by atoms with Gasteiger partial charge < -0.3 is 10.6 Å². The molecule has 0 fully saturated rings. The number of benzene rings is 2. The molecule has 2 aromatic rings. The highest BCUT2D eigenvalue weighted by molar-refractivity contribution is 7.89. The average Bonchev–Trinajstić information content (AvgIpc) is 2.60. The molecule has 0 saturated carbocycles. The van der Waals surface area contributed by atoms with Gasteiger partial charge in [-0.25, -0.2) is 13.1 Å². The van der Waals surface area contributed by atoms with E-state index < -0.39 is 10.0 Å². The highest BCUT2D eigenvalue weighted by Crippen LogP contribution is 2.16. The number of hydrogen-bond acceptors (Lipinski definition) is 4. The second kappa shape index (κ2) is 8.79. The average molecular weight is 389 g/mol. The minimum absolute atomic E-state index is 0.0623. The first-order chi connectivity index (χ1) is 12.7. The molecule has 0 aromatic heterocycles. The molecular formula is C19H23N3O4S. The van der Waals surface area contributed by atoms with Crippen LogP contribution in [0, 0.1) is 13.8 Å². The largest absolute Gasteiger partial charge is 0.351 e. The van der Waals surface area contributed by atoms with E-state index in [1.807, 2.05) is 13.0 Å². The van der Waals surface area contributed by atoms with Crippen molar-refractivity contribution in [1.82, 2.24) is 10.0 Å². The smallest absolute Gasteiger partial charge is 0.251 e. The van der Waals surface area contributed by atoms with Crippen molar-refractivity contribution in [3.63, 3.8) is 0 Å². The van der Waals surface area contributed by atoms with E-state index in [0.29, 0.717) is 16.8 Å². The second-order valence-corrected chi connectivity index (χ2v) is 7.92. The SMILES string of the molecule is CC(=O)Nc1cccc(C(=O)NCCNS(=O)(=O)c2cc(C)ccc2C)c1. The number of carbonyl (C=O) groups excluding carboxylic acids is 2. The number of carbonyl (C=O) groups is 2. The van der Waals surface area contributed by atoms with E-state index >= 15 is 0 Å². The summed E-state index contributed by atoms with van der Waals surface area (Å²) in [6, 6.07) is 11.7. The summed E-state index contributed by atoms with van der Waals surface area (Å²) in [7, 11) is -3.65. The van der Waals surface area contributed by atoms with Crippen LogP contribution in [0.25, 0.3) is 0 Å². The van der Waals surface area contributed by atoms with E-state index in [-0.39, 0.29) is 29.8 Å². The summed E-state index contributed by atoms with van der Waals surface area (Å²) < 4.78 is 27.3. The van der Waals surface area contributed by atoms with E-state index in [1.165, 1.54) is 6.92 Å². The van der Waals surface area contributed by atoms with E-state index in [9.17, 15) is 18.0 Å². The molecule has 0 aliphatic heterocycles. The van der Waals surface area contributed by atoms with Crippen molar-refractivity contribution in [3.8, 4) is 0 Å². The number of amides is 2. The lowest BCUT2D eigenvalue weighted by Crippen LogP contribution is -2.35. The number of nitrogens with one attached hydrogen (secondary N) is 3.